The average Bonchev–Trinajstić information content (AvgIpc) is 2.57. The summed E-state index contributed by atoms with van der Waals surface area (Å²) in [7, 11) is 0. The Labute approximate surface area is 137 Å². The molecule has 2 aromatic rings. The standard InChI is InChI=1S/C18H26N4O/c1-15(2)7-8-20-9-11-21(12-10-20)14-22-18(23)17-6-4-3-5-16(17)13-19-22/h3-6,13,15H,7-12,14H2,1-2H3. The van der Waals surface area contributed by atoms with Crippen LogP contribution in [0.1, 0.15) is 20.3 Å². The molecule has 0 atom stereocenters. The van der Waals surface area contributed by atoms with Crippen molar-refractivity contribution >= 4 is 10.8 Å². The molecule has 0 bridgehead atoms. The Balaban J connectivity index is 1.61. The van der Waals surface area contributed by atoms with Crippen molar-refractivity contribution in [2.24, 2.45) is 5.92 Å². The second-order valence-corrected chi connectivity index (χ2v) is 6.82. The van der Waals surface area contributed by atoms with E-state index in [1.54, 1.807) is 10.9 Å². The zero-order valence-electron chi connectivity index (χ0n) is 14.1. The summed E-state index contributed by atoms with van der Waals surface area (Å²) < 4.78 is 1.59. The van der Waals surface area contributed by atoms with Crippen molar-refractivity contribution in [3.05, 3.63) is 40.8 Å². The van der Waals surface area contributed by atoms with Gasteiger partial charge in [-0.3, -0.25) is 9.69 Å². The van der Waals surface area contributed by atoms with Gasteiger partial charge in [-0.25, -0.2) is 4.68 Å². The van der Waals surface area contributed by atoms with E-state index in [9.17, 15) is 4.79 Å². The molecule has 2 heterocycles. The summed E-state index contributed by atoms with van der Waals surface area (Å²) in [5, 5.41) is 5.99. The molecule has 1 aliphatic heterocycles. The first-order valence-corrected chi connectivity index (χ1v) is 8.53. The molecule has 5 nitrogen and oxygen atoms in total. The van der Waals surface area contributed by atoms with Crippen LogP contribution in [0.2, 0.25) is 0 Å². The molecule has 0 amide bonds. The van der Waals surface area contributed by atoms with Crippen molar-refractivity contribution in [1.82, 2.24) is 19.6 Å². The van der Waals surface area contributed by atoms with Crippen molar-refractivity contribution in [3.63, 3.8) is 0 Å². The predicted molar refractivity (Wildman–Crippen MR) is 93.5 cm³/mol. The predicted octanol–water partition coefficient (Wildman–Crippen LogP) is 2.02. The fraction of sp³-hybridized carbons (Fsp3) is 0.556. The third kappa shape index (κ3) is 3.98. The van der Waals surface area contributed by atoms with Crippen molar-refractivity contribution in [3.8, 4) is 0 Å². The first-order chi connectivity index (χ1) is 11.1. The minimum atomic E-state index is 0.00494. The smallest absolute Gasteiger partial charge is 0.275 e. The lowest BCUT2D eigenvalue weighted by molar-refractivity contribution is 0.0985. The molecule has 0 unspecified atom stereocenters. The lowest BCUT2D eigenvalue weighted by atomic mass is 10.1. The van der Waals surface area contributed by atoms with E-state index in [1.165, 1.54) is 13.0 Å². The molecule has 0 aliphatic carbocycles. The van der Waals surface area contributed by atoms with E-state index in [1.807, 2.05) is 24.3 Å². The van der Waals surface area contributed by atoms with Gasteiger partial charge in [0.2, 0.25) is 0 Å². The highest BCUT2D eigenvalue weighted by atomic mass is 16.1. The Kier molecular flexibility index (Phi) is 5.08. The summed E-state index contributed by atoms with van der Waals surface area (Å²) in [5.41, 5.74) is 0.00494. The van der Waals surface area contributed by atoms with Gasteiger partial charge in [0.15, 0.2) is 0 Å². The fourth-order valence-corrected chi connectivity index (χ4v) is 3.01. The van der Waals surface area contributed by atoms with Gasteiger partial charge < -0.3 is 4.90 Å². The monoisotopic (exact) mass is 314 g/mol. The van der Waals surface area contributed by atoms with Crippen LogP contribution < -0.4 is 5.56 Å². The summed E-state index contributed by atoms with van der Waals surface area (Å²) in [6.07, 6.45) is 3.04. The summed E-state index contributed by atoms with van der Waals surface area (Å²) in [6.45, 7) is 10.5. The third-order valence-electron chi connectivity index (χ3n) is 4.58. The maximum atomic E-state index is 12.5. The number of hydrogen-bond acceptors (Lipinski definition) is 4. The van der Waals surface area contributed by atoms with Crippen molar-refractivity contribution < 1.29 is 0 Å². The van der Waals surface area contributed by atoms with E-state index in [4.69, 9.17) is 0 Å². The number of benzene rings is 1. The molecule has 1 fully saturated rings. The molecule has 0 saturated carbocycles. The highest BCUT2D eigenvalue weighted by Crippen LogP contribution is 2.09. The zero-order chi connectivity index (χ0) is 16.2. The summed E-state index contributed by atoms with van der Waals surface area (Å²) >= 11 is 0. The largest absolute Gasteiger partial charge is 0.301 e. The average molecular weight is 314 g/mol. The molecule has 3 rings (SSSR count). The second-order valence-electron chi connectivity index (χ2n) is 6.82. The molecule has 0 radical (unpaired) electrons. The van der Waals surface area contributed by atoms with Gasteiger partial charge in [0, 0.05) is 31.6 Å². The van der Waals surface area contributed by atoms with E-state index in [-0.39, 0.29) is 5.56 Å². The van der Waals surface area contributed by atoms with Gasteiger partial charge in [-0.2, -0.15) is 5.10 Å². The minimum absolute atomic E-state index is 0.00494. The highest BCUT2D eigenvalue weighted by Gasteiger charge is 2.17. The van der Waals surface area contributed by atoms with Gasteiger partial charge >= 0.3 is 0 Å². The Morgan fingerprint density at radius 2 is 1.78 bits per heavy atom. The van der Waals surface area contributed by atoms with Crippen LogP contribution in [0.4, 0.5) is 0 Å². The Hall–Kier alpha value is -1.72. The quantitative estimate of drug-likeness (QED) is 0.847. The number of nitrogens with zero attached hydrogens (tertiary/aromatic N) is 4. The summed E-state index contributed by atoms with van der Waals surface area (Å²) in [4.78, 5) is 17.3. The minimum Gasteiger partial charge on any atom is -0.301 e. The maximum Gasteiger partial charge on any atom is 0.275 e. The Bertz CT molecular complexity index is 701. The van der Waals surface area contributed by atoms with Gasteiger partial charge in [0.05, 0.1) is 18.3 Å². The molecule has 124 valence electrons. The number of piperazine rings is 1. The molecule has 1 aliphatic rings. The first kappa shape index (κ1) is 16.1. The number of aromatic nitrogens is 2. The van der Waals surface area contributed by atoms with Crippen molar-refractivity contribution in [1.29, 1.82) is 0 Å². The molecule has 1 saturated heterocycles. The zero-order valence-corrected chi connectivity index (χ0v) is 14.1. The molecule has 5 heteroatoms. The number of fused-ring (bicyclic) bond motifs is 1. The lowest BCUT2D eigenvalue weighted by Crippen LogP contribution is -2.48. The Morgan fingerprint density at radius 1 is 1.09 bits per heavy atom. The topological polar surface area (TPSA) is 41.4 Å². The van der Waals surface area contributed by atoms with Gasteiger partial charge in [0.25, 0.3) is 5.56 Å². The van der Waals surface area contributed by atoms with Crippen LogP contribution in [-0.2, 0) is 6.67 Å². The van der Waals surface area contributed by atoms with Crippen LogP contribution in [0.3, 0.4) is 0 Å². The van der Waals surface area contributed by atoms with E-state index < -0.39 is 0 Å². The fourth-order valence-electron chi connectivity index (χ4n) is 3.01. The normalized spacial score (nSPS) is 17.2. The van der Waals surface area contributed by atoms with Gasteiger partial charge in [-0.15, -0.1) is 0 Å². The first-order valence-electron chi connectivity index (χ1n) is 8.53. The van der Waals surface area contributed by atoms with Crippen LogP contribution in [-0.4, -0.2) is 52.3 Å². The van der Waals surface area contributed by atoms with E-state index in [2.05, 4.69) is 28.7 Å². The maximum absolute atomic E-state index is 12.5. The molecular weight excluding hydrogens is 288 g/mol. The van der Waals surface area contributed by atoms with Crippen LogP contribution in [0.5, 0.6) is 0 Å². The van der Waals surface area contributed by atoms with Crippen LogP contribution in [0, 0.1) is 5.92 Å². The van der Waals surface area contributed by atoms with Crippen LogP contribution in [0.25, 0.3) is 10.8 Å². The van der Waals surface area contributed by atoms with Crippen LogP contribution in [0.15, 0.2) is 35.3 Å². The second kappa shape index (κ2) is 7.23. The van der Waals surface area contributed by atoms with E-state index in [0.29, 0.717) is 6.67 Å². The highest BCUT2D eigenvalue weighted by molar-refractivity contribution is 5.80. The van der Waals surface area contributed by atoms with Crippen LogP contribution >= 0.6 is 0 Å². The van der Waals surface area contributed by atoms with E-state index >= 15 is 0 Å². The molecular formula is C18H26N4O. The van der Waals surface area contributed by atoms with E-state index in [0.717, 1.165) is 42.9 Å². The number of rotatable bonds is 5. The molecule has 0 spiro atoms. The van der Waals surface area contributed by atoms with Crippen molar-refractivity contribution in [2.45, 2.75) is 26.9 Å². The van der Waals surface area contributed by atoms with Gasteiger partial charge in [-0.1, -0.05) is 32.0 Å². The third-order valence-corrected chi connectivity index (χ3v) is 4.58. The molecule has 23 heavy (non-hydrogen) atoms. The molecule has 0 N–H and O–H groups in total. The number of hydrogen-bond donors (Lipinski definition) is 0. The molecule has 1 aromatic carbocycles. The molecule has 1 aromatic heterocycles. The summed E-state index contributed by atoms with van der Waals surface area (Å²) in [6, 6.07) is 7.65. The summed E-state index contributed by atoms with van der Waals surface area (Å²) in [5.74, 6) is 0.758. The Morgan fingerprint density at radius 3 is 2.52 bits per heavy atom. The van der Waals surface area contributed by atoms with Gasteiger partial charge in [0.1, 0.15) is 0 Å². The lowest BCUT2D eigenvalue weighted by Gasteiger charge is -2.34. The van der Waals surface area contributed by atoms with Crippen molar-refractivity contribution in [2.75, 3.05) is 32.7 Å². The SMILES string of the molecule is CC(C)CCN1CCN(Cn2ncc3ccccc3c2=O)CC1. The van der Waals surface area contributed by atoms with Gasteiger partial charge in [-0.05, 0) is 24.9 Å².